The molecular weight excluding hydrogens is 507 g/mol. The van der Waals surface area contributed by atoms with E-state index >= 15 is 0 Å². The van der Waals surface area contributed by atoms with E-state index in [1.54, 1.807) is 0 Å². The SMILES string of the molecule is NC(CC(=O)O)C(=O)[O-].O=C([O-])CC1NC2(NC(CC(=O)[O-])C(=O)O2)OC1=O.[K+].[K+].[K+]. The minimum Gasteiger partial charge on any atom is -0.550 e. The van der Waals surface area contributed by atoms with Gasteiger partial charge in [0.2, 0.25) is 0 Å². The molecule has 156 valence electrons. The maximum atomic E-state index is 11.4. The molecule has 1 spiro atoms. The van der Waals surface area contributed by atoms with Crippen molar-refractivity contribution in [2.45, 2.75) is 43.4 Å². The first-order valence-electron chi connectivity index (χ1n) is 7.44. The van der Waals surface area contributed by atoms with Crippen LogP contribution in [-0.4, -0.2) is 65.1 Å². The standard InChI is InChI=1S/C9H10N2O8.C4H7NO4.3K/c12-5(13)1-3-7(16)18-9(10-3)11-4(2-6(14)15)8(17)19-9;5-2(4(8)9)1-3(6)7;;;/h3-4,10-11H,1-2H2,(H,12,13)(H,14,15);2H,1,5H2,(H,6,7)(H,8,9);;;/q;;3*+1/p-3. The van der Waals surface area contributed by atoms with Crippen LogP contribution >= 0.6 is 0 Å². The molecular formula is C13H14K3N3O12. The Kier molecular flexibility index (Phi) is 20.5. The molecule has 0 aromatic carbocycles. The molecule has 31 heavy (non-hydrogen) atoms. The van der Waals surface area contributed by atoms with Gasteiger partial charge in [0.1, 0.15) is 12.1 Å². The summed E-state index contributed by atoms with van der Waals surface area (Å²) in [5, 5.41) is 43.1. The smallest absolute Gasteiger partial charge is 0.550 e. The molecule has 0 radical (unpaired) electrons. The van der Waals surface area contributed by atoms with Gasteiger partial charge in [-0.05, 0) is 0 Å². The van der Waals surface area contributed by atoms with Crippen LogP contribution in [-0.2, 0) is 38.2 Å². The first-order chi connectivity index (χ1) is 12.8. The van der Waals surface area contributed by atoms with Crippen molar-refractivity contribution in [2.75, 3.05) is 0 Å². The third kappa shape index (κ3) is 13.3. The van der Waals surface area contributed by atoms with E-state index in [0.717, 1.165) is 0 Å². The second-order valence-electron chi connectivity index (χ2n) is 5.53. The topological polar surface area (TPSA) is 260 Å². The van der Waals surface area contributed by atoms with Crippen LogP contribution < -0.4 is 186 Å². The van der Waals surface area contributed by atoms with Crippen LogP contribution in [0.2, 0.25) is 0 Å². The van der Waals surface area contributed by atoms with Gasteiger partial charge in [-0.15, -0.1) is 0 Å². The minimum absolute atomic E-state index is 0. The summed E-state index contributed by atoms with van der Waals surface area (Å²) >= 11 is 0. The van der Waals surface area contributed by atoms with Crippen LogP contribution in [0.1, 0.15) is 19.3 Å². The molecule has 2 aliphatic heterocycles. The van der Waals surface area contributed by atoms with Gasteiger partial charge in [-0.3, -0.25) is 14.4 Å². The number of rotatable bonds is 7. The average Bonchev–Trinajstić information content (AvgIpc) is 2.96. The molecule has 3 unspecified atom stereocenters. The number of carbonyl (C=O) groups excluding carboxylic acids is 5. The molecule has 2 rings (SSSR count). The van der Waals surface area contributed by atoms with Gasteiger partial charge in [-0.2, -0.15) is 0 Å². The van der Waals surface area contributed by atoms with Crippen LogP contribution in [0.3, 0.4) is 0 Å². The van der Waals surface area contributed by atoms with E-state index in [2.05, 4.69) is 10.6 Å². The molecule has 0 saturated carbocycles. The third-order valence-electron chi connectivity index (χ3n) is 3.23. The molecule has 5 N–H and O–H groups in total. The molecule has 2 heterocycles. The Morgan fingerprint density at radius 3 is 1.52 bits per heavy atom. The molecule has 0 aromatic heterocycles. The van der Waals surface area contributed by atoms with Gasteiger partial charge < -0.3 is 50.0 Å². The van der Waals surface area contributed by atoms with E-state index in [-0.39, 0.29) is 154 Å². The van der Waals surface area contributed by atoms with Crippen molar-refractivity contribution in [3.05, 3.63) is 0 Å². The Morgan fingerprint density at radius 2 is 1.29 bits per heavy atom. The van der Waals surface area contributed by atoms with Crippen molar-refractivity contribution in [1.82, 2.24) is 10.6 Å². The first kappa shape index (κ1) is 37.2. The van der Waals surface area contributed by atoms with E-state index in [0.29, 0.717) is 0 Å². The number of esters is 2. The average molecular weight is 522 g/mol. The molecule has 2 fully saturated rings. The van der Waals surface area contributed by atoms with Gasteiger partial charge in [0, 0.05) is 24.8 Å². The van der Waals surface area contributed by atoms with E-state index < -0.39 is 79.2 Å². The summed E-state index contributed by atoms with van der Waals surface area (Å²) in [6, 6.07) is -5.95. The van der Waals surface area contributed by atoms with E-state index in [1.807, 2.05) is 0 Å². The number of hydrogen-bond acceptors (Lipinski definition) is 14. The Balaban J connectivity index is -0.000000568. The van der Waals surface area contributed by atoms with Gasteiger partial charge in [0.05, 0.1) is 18.4 Å². The second-order valence-corrected chi connectivity index (χ2v) is 5.53. The summed E-state index contributed by atoms with van der Waals surface area (Å²) in [4.78, 5) is 63.0. The normalized spacial score (nSPS) is 24.0. The largest absolute Gasteiger partial charge is 1.00 e. The second kappa shape index (κ2) is 17.1. The number of nitrogens with one attached hydrogen (secondary N) is 2. The third-order valence-corrected chi connectivity index (χ3v) is 3.23. The summed E-state index contributed by atoms with van der Waals surface area (Å²) in [6.45, 7) is 0. The Bertz CT molecular complexity index is 664. The summed E-state index contributed by atoms with van der Waals surface area (Å²) in [6.07, 6.45) is -1.95. The molecule has 18 heteroatoms. The molecule has 0 aromatic rings. The van der Waals surface area contributed by atoms with Crippen LogP contribution in [0.25, 0.3) is 0 Å². The number of aliphatic carboxylic acids is 4. The number of hydrogen-bond donors (Lipinski definition) is 4. The molecule has 0 amide bonds. The van der Waals surface area contributed by atoms with Crippen molar-refractivity contribution < 1.29 is 213 Å². The van der Waals surface area contributed by atoms with E-state index in [4.69, 9.17) is 20.3 Å². The van der Waals surface area contributed by atoms with Crippen LogP contribution in [0.5, 0.6) is 0 Å². The van der Waals surface area contributed by atoms with Crippen LogP contribution in [0, 0.1) is 0 Å². The monoisotopic (exact) mass is 521 g/mol. The summed E-state index contributed by atoms with van der Waals surface area (Å²) < 4.78 is 9.39. The fourth-order valence-corrected chi connectivity index (χ4v) is 2.06. The number of carboxylic acid groups (broad SMARTS) is 4. The van der Waals surface area contributed by atoms with Crippen LogP contribution in [0.4, 0.5) is 0 Å². The van der Waals surface area contributed by atoms with E-state index in [1.165, 1.54) is 0 Å². The van der Waals surface area contributed by atoms with Crippen molar-refractivity contribution in [2.24, 2.45) is 5.73 Å². The predicted molar refractivity (Wildman–Crippen MR) is 73.2 cm³/mol. The Labute approximate surface area is 302 Å². The maximum absolute atomic E-state index is 11.4. The number of ether oxygens (including phenoxy) is 2. The molecule has 2 aliphatic rings. The fraction of sp³-hybridized carbons (Fsp3) is 0.538. The minimum atomic E-state index is -2.03. The van der Waals surface area contributed by atoms with Crippen molar-refractivity contribution in [3.63, 3.8) is 0 Å². The van der Waals surface area contributed by atoms with Gasteiger partial charge in [-0.1, -0.05) is 0 Å². The van der Waals surface area contributed by atoms with Gasteiger partial charge in [0.15, 0.2) is 0 Å². The predicted octanol–water partition coefficient (Wildman–Crippen LogP) is -16.5. The van der Waals surface area contributed by atoms with Gasteiger partial charge in [-0.25, -0.2) is 10.6 Å². The van der Waals surface area contributed by atoms with Crippen molar-refractivity contribution in [1.29, 1.82) is 0 Å². The van der Waals surface area contributed by atoms with E-state index in [9.17, 15) is 44.1 Å². The Morgan fingerprint density at radius 1 is 0.935 bits per heavy atom. The Hall–Kier alpha value is 1.61. The van der Waals surface area contributed by atoms with Crippen LogP contribution in [0.15, 0.2) is 0 Å². The maximum Gasteiger partial charge on any atom is 1.00 e. The zero-order valence-electron chi connectivity index (χ0n) is 16.9. The zero-order chi connectivity index (χ0) is 21.6. The molecule has 3 atom stereocenters. The first-order valence-corrected chi connectivity index (χ1v) is 7.44. The molecule has 2 saturated heterocycles. The number of carbonyl (C=O) groups is 6. The quantitative estimate of drug-likeness (QED) is 0.179. The molecule has 15 nitrogen and oxygen atoms in total. The number of carboxylic acids is 4. The number of nitrogens with two attached hydrogens (primary N) is 1. The summed E-state index contributed by atoms with van der Waals surface area (Å²) in [5.41, 5.74) is 4.77. The summed E-state index contributed by atoms with van der Waals surface area (Å²) in [5.74, 6) is -7.70. The van der Waals surface area contributed by atoms with Gasteiger partial charge >= 0.3 is 178 Å². The zero-order valence-corrected chi connectivity index (χ0v) is 26.2. The molecule has 0 bridgehead atoms. The van der Waals surface area contributed by atoms with Gasteiger partial charge in [0.25, 0.3) is 0 Å². The van der Waals surface area contributed by atoms with Crippen molar-refractivity contribution in [3.8, 4) is 0 Å². The molecule has 0 aliphatic carbocycles. The van der Waals surface area contributed by atoms with Crippen molar-refractivity contribution >= 4 is 35.8 Å². The fourth-order valence-electron chi connectivity index (χ4n) is 2.06. The summed E-state index contributed by atoms with van der Waals surface area (Å²) in [7, 11) is 0.